The summed E-state index contributed by atoms with van der Waals surface area (Å²) < 4.78 is 0.0232. The minimum absolute atomic E-state index is 0.0232. The van der Waals surface area contributed by atoms with E-state index in [1.807, 2.05) is 0 Å². The molecular formula is C4H3IO. The summed E-state index contributed by atoms with van der Waals surface area (Å²) in [6.45, 7) is 0. The zero-order valence-corrected chi connectivity index (χ0v) is 5.23. The van der Waals surface area contributed by atoms with Crippen LogP contribution in [-0.4, -0.2) is 3.79 Å². The summed E-state index contributed by atoms with van der Waals surface area (Å²) in [5.41, 5.74) is 0. The monoisotopic (exact) mass is 194 g/mol. The standard InChI is InChI=1S/C4H3IO/c1-2-3-4(5)6/h1H,3H2. The molecule has 0 aliphatic carbocycles. The third kappa shape index (κ3) is 3.96. The van der Waals surface area contributed by atoms with Gasteiger partial charge >= 0.3 is 0 Å². The van der Waals surface area contributed by atoms with Gasteiger partial charge in [0.05, 0.1) is 6.42 Å². The Labute approximate surface area is 50.3 Å². The lowest BCUT2D eigenvalue weighted by Crippen LogP contribution is -1.76. The van der Waals surface area contributed by atoms with E-state index in [1.54, 1.807) is 22.6 Å². The predicted molar refractivity (Wildman–Crippen MR) is 32.5 cm³/mol. The number of carbonyl (C=O) groups is 1. The van der Waals surface area contributed by atoms with Crippen molar-refractivity contribution < 1.29 is 4.79 Å². The molecule has 0 atom stereocenters. The summed E-state index contributed by atoms with van der Waals surface area (Å²) in [5, 5.41) is 0. The Balaban J connectivity index is 3.13. The van der Waals surface area contributed by atoms with Gasteiger partial charge in [-0.25, -0.2) is 0 Å². The Hall–Kier alpha value is -0.0400. The number of carbonyl (C=O) groups excluding carboxylic acids is 1. The SMILES string of the molecule is C#CCC(=O)I. The van der Waals surface area contributed by atoms with Crippen LogP contribution in [0.15, 0.2) is 0 Å². The van der Waals surface area contributed by atoms with Crippen molar-refractivity contribution in [2.75, 3.05) is 0 Å². The van der Waals surface area contributed by atoms with Crippen LogP contribution in [0.4, 0.5) is 0 Å². The lowest BCUT2D eigenvalue weighted by atomic mass is 10.5. The highest BCUT2D eigenvalue weighted by Crippen LogP contribution is 1.87. The lowest BCUT2D eigenvalue weighted by molar-refractivity contribution is -0.108. The second kappa shape index (κ2) is 3.16. The van der Waals surface area contributed by atoms with Crippen LogP contribution in [0.25, 0.3) is 0 Å². The molecule has 0 aromatic rings. The van der Waals surface area contributed by atoms with Crippen molar-refractivity contribution in [2.45, 2.75) is 6.42 Å². The van der Waals surface area contributed by atoms with Gasteiger partial charge in [-0.15, -0.1) is 6.42 Å². The summed E-state index contributed by atoms with van der Waals surface area (Å²) in [4.78, 5) is 9.89. The number of hydrogen-bond acceptors (Lipinski definition) is 1. The molecule has 0 aromatic carbocycles. The van der Waals surface area contributed by atoms with Crippen LogP contribution in [0.3, 0.4) is 0 Å². The molecule has 0 radical (unpaired) electrons. The van der Waals surface area contributed by atoms with Crippen molar-refractivity contribution in [3.8, 4) is 12.3 Å². The van der Waals surface area contributed by atoms with Crippen LogP contribution in [0.2, 0.25) is 0 Å². The van der Waals surface area contributed by atoms with Crippen LogP contribution in [0.5, 0.6) is 0 Å². The highest BCUT2D eigenvalue weighted by Gasteiger charge is 1.83. The molecule has 0 aromatic heterocycles. The van der Waals surface area contributed by atoms with Crippen LogP contribution in [0, 0.1) is 12.3 Å². The molecular weight excluding hydrogens is 191 g/mol. The molecule has 0 fully saturated rings. The minimum atomic E-state index is 0.0232. The van der Waals surface area contributed by atoms with Gasteiger partial charge in [0, 0.05) is 22.6 Å². The van der Waals surface area contributed by atoms with E-state index < -0.39 is 0 Å². The molecule has 1 nitrogen and oxygen atoms in total. The lowest BCUT2D eigenvalue weighted by Gasteiger charge is -1.69. The number of hydrogen-bond donors (Lipinski definition) is 0. The maximum atomic E-state index is 9.89. The normalized spacial score (nSPS) is 6.67. The van der Waals surface area contributed by atoms with Crippen LogP contribution >= 0.6 is 22.6 Å². The van der Waals surface area contributed by atoms with Gasteiger partial charge in [0.2, 0.25) is 3.79 Å². The van der Waals surface area contributed by atoms with Crippen LogP contribution in [-0.2, 0) is 4.79 Å². The predicted octanol–water partition coefficient (Wildman–Crippen LogP) is 0.971. The molecule has 32 valence electrons. The molecule has 0 spiro atoms. The quantitative estimate of drug-likeness (QED) is 0.345. The maximum absolute atomic E-state index is 9.89. The first-order chi connectivity index (χ1) is 2.77. The summed E-state index contributed by atoms with van der Waals surface area (Å²) in [6.07, 6.45) is 5.00. The molecule has 2 heteroatoms. The molecule has 0 heterocycles. The summed E-state index contributed by atoms with van der Waals surface area (Å²) >= 11 is 1.66. The molecule has 0 amide bonds. The van der Waals surface area contributed by atoms with E-state index in [0.717, 1.165) is 0 Å². The Kier molecular flexibility index (Phi) is 3.14. The minimum Gasteiger partial charge on any atom is -0.287 e. The highest BCUT2D eigenvalue weighted by atomic mass is 127. The summed E-state index contributed by atoms with van der Waals surface area (Å²) in [7, 11) is 0. The van der Waals surface area contributed by atoms with E-state index >= 15 is 0 Å². The van der Waals surface area contributed by atoms with Crippen molar-refractivity contribution in [3.63, 3.8) is 0 Å². The molecule has 0 N–H and O–H groups in total. The first-order valence-electron chi connectivity index (χ1n) is 1.39. The van der Waals surface area contributed by atoms with Gasteiger partial charge in [-0.3, -0.25) is 4.79 Å². The first kappa shape index (κ1) is 5.96. The van der Waals surface area contributed by atoms with E-state index in [1.165, 1.54) is 0 Å². The van der Waals surface area contributed by atoms with Gasteiger partial charge in [0.15, 0.2) is 0 Å². The third-order valence-corrected chi connectivity index (χ3v) is 0.622. The zero-order valence-electron chi connectivity index (χ0n) is 3.07. The Morgan fingerprint density at radius 1 is 2.00 bits per heavy atom. The van der Waals surface area contributed by atoms with E-state index in [9.17, 15) is 4.79 Å². The molecule has 0 bridgehead atoms. The summed E-state index contributed by atoms with van der Waals surface area (Å²) in [5.74, 6) is 2.21. The van der Waals surface area contributed by atoms with Gasteiger partial charge in [-0.05, 0) is 0 Å². The topological polar surface area (TPSA) is 17.1 Å². The van der Waals surface area contributed by atoms with Gasteiger partial charge in [0.25, 0.3) is 0 Å². The van der Waals surface area contributed by atoms with Gasteiger partial charge in [-0.2, -0.15) is 0 Å². The van der Waals surface area contributed by atoms with Gasteiger partial charge < -0.3 is 0 Å². The van der Waals surface area contributed by atoms with E-state index in [0.29, 0.717) is 0 Å². The fraction of sp³-hybridized carbons (Fsp3) is 0.250. The van der Waals surface area contributed by atoms with Crippen molar-refractivity contribution in [1.29, 1.82) is 0 Å². The van der Waals surface area contributed by atoms with Gasteiger partial charge in [0.1, 0.15) is 0 Å². The first-order valence-corrected chi connectivity index (χ1v) is 2.47. The summed E-state index contributed by atoms with van der Waals surface area (Å²) in [6, 6.07) is 0. The van der Waals surface area contributed by atoms with Crippen LogP contribution in [0.1, 0.15) is 6.42 Å². The second-order valence-corrected chi connectivity index (χ2v) is 1.94. The average Bonchev–Trinajstić information content (AvgIpc) is 1.35. The zero-order chi connectivity index (χ0) is 4.99. The fourth-order valence-corrected chi connectivity index (χ4v) is 0.300. The van der Waals surface area contributed by atoms with E-state index in [4.69, 9.17) is 6.42 Å². The third-order valence-electron chi connectivity index (χ3n) is 0.241. The van der Waals surface area contributed by atoms with Crippen LogP contribution < -0.4 is 0 Å². The number of halogens is 1. The molecule has 0 saturated heterocycles. The number of rotatable bonds is 1. The van der Waals surface area contributed by atoms with Crippen molar-refractivity contribution in [2.24, 2.45) is 0 Å². The molecule has 6 heavy (non-hydrogen) atoms. The highest BCUT2D eigenvalue weighted by molar-refractivity contribution is 14.1. The Morgan fingerprint density at radius 2 is 2.50 bits per heavy atom. The van der Waals surface area contributed by atoms with Crippen molar-refractivity contribution >= 4 is 26.4 Å². The van der Waals surface area contributed by atoms with E-state index in [2.05, 4.69) is 5.92 Å². The largest absolute Gasteiger partial charge is 0.287 e. The van der Waals surface area contributed by atoms with Gasteiger partial charge in [-0.1, -0.05) is 5.92 Å². The molecule has 0 rings (SSSR count). The van der Waals surface area contributed by atoms with Crippen molar-refractivity contribution in [1.82, 2.24) is 0 Å². The molecule has 0 aliphatic rings. The Bertz CT molecular complexity index is 90.2. The molecule has 0 saturated carbocycles. The smallest absolute Gasteiger partial charge is 0.204 e. The molecule has 0 unspecified atom stereocenters. The van der Waals surface area contributed by atoms with E-state index in [-0.39, 0.29) is 10.2 Å². The second-order valence-electron chi connectivity index (χ2n) is 0.736. The number of terminal acetylenes is 1. The van der Waals surface area contributed by atoms with Crippen molar-refractivity contribution in [3.05, 3.63) is 0 Å². The molecule has 0 aliphatic heterocycles. The maximum Gasteiger partial charge on any atom is 0.204 e. The fourth-order valence-electron chi connectivity index (χ4n) is 0.0802. The average molecular weight is 194 g/mol. The Morgan fingerprint density at radius 3 is 2.50 bits per heavy atom.